The number of para-hydroxylation sites is 1. The number of ether oxygens (including phenoxy) is 1. The number of amides is 3. The summed E-state index contributed by atoms with van der Waals surface area (Å²) in [5, 5.41) is 5.64. The molecule has 0 spiro atoms. The van der Waals surface area contributed by atoms with E-state index < -0.39 is 11.9 Å². The Balaban J connectivity index is 2.21. The van der Waals surface area contributed by atoms with Crippen molar-refractivity contribution in [3.8, 4) is 5.75 Å². The van der Waals surface area contributed by atoms with Gasteiger partial charge in [0.2, 0.25) is 5.91 Å². The lowest BCUT2D eigenvalue weighted by molar-refractivity contribution is -0.133. The third kappa shape index (κ3) is 6.07. The summed E-state index contributed by atoms with van der Waals surface area (Å²) in [7, 11) is 1.55. The minimum absolute atomic E-state index is 0.0851. The van der Waals surface area contributed by atoms with Gasteiger partial charge in [0, 0.05) is 18.7 Å². The molecule has 2 N–H and O–H groups in total. The molecule has 0 fully saturated rings. The van der Waals surface area contributed by atoms with Gasteiger partial charge < -0.3 is 20.3 Å². The van der Waals surface area contributed by atoms with E-state index in [2.05, 4.69) is 10.6 Å². The predicted molar refractivity (Wildman–Crippen MR) is 121 cm³/mol. The van der Waals surface area contributed by atoms with Gasteiger partial charge in [0.15, 0.2) is 0 Å². The molecule has 0 saturated carbocycles. The number of hydrogen-bond acceptors (Lipinski definition) is 4. The number of carbonyl (C=O) groups excluding carboxylic acids is 3. The molecule has 0 aromatic heterocycles. The zero-order chi connectivity index (χ0) is 23.0. The fourth-order valence-electron chi connectivity index (χ4n) is 3.19. The Bertz CT molecular complexity index is 905. The van der Waals surface area contributed by atoms with Crippen molar-refractivity contribution >= 4 is 23.4 Å². The number of nitrogens with one attached hydrogen (secondary N) is 2. The van der Waals surface area contributed by atoms with Crippen LogP contribution in [0.3, 0.4) is 0 Å². The Labute approximate surface area is 183 Å². The maximum absolute atomic E-state index is 13.0. The summed E-state index contributed by atoms with van der Waals surface area (Å²) in [6, 6.07) is 12.8. The van der Waals surface area contributed by atoms with E-state index in [1.807, 2.05) is 27.7 Å². The minimum atomic E-state index is -0.655. The van der Waals surface area contributed by atoms with Gasteiger partial charge in [-0.2, -0.15) is 0 Å². The number of hydrogen-bond donors (Lipinski definition) is 2. The van der Waals surface area contributed by atoms with Crippen LogP contribution in [0.4, 0.5) is 5.69 Å². The molecule has 7 nitrogen and oxygen atoms in total. The maximum atomic E-state index is 13.0. The number of likely N-dealkylation sites (N-methyl/N-ethyl adjacent to an activating group) is 1. The van der Waals surface area contributed by atoms with Crippen LogP contribution in [-0.2, 0) is 4.79 Å². The smallest absolute Gasteiger partial charge is 0.255 e. The van der Waals surface area contributed by atoms with Crippen LogP contribution >= 0.6 is 0 Å². The topological polar surface area (TPSA) is 87.7 Å². The van der Waals surface area contributed by atoms with E-state index in [0.29, 0.717) is 35.7 Å². The summed E-state index contributed by atoms with van der Waals surface area (Å²) < 4.78 is 5.11. The lowest BCUT2D eigenvalue weighted by atomic mass is 10.0. The number of carbonyl (C=O) groups is 3. The third-order valence-electron chi connectivity index (χ3n) is 5.07. The van der Waals surface area contributed by atoms with Gasteiger partial charge in [-0.15, -0.1) is 0 Å². The molecule has 0 aliphatic heterocycles. The number of benzene rings is 2. The second-order valence-corrected chi connectivity index (χ2v) is 7.43. The van der Waals surface area contributed by atoms with E-state index >= 15 is 0 Å². The highest BCUT2D eigenvalue weighted by molar-refractivity contribution is 6.09. The van der Waals surface area contributed by atoms with Crippen LogP contribution in [0.25, 0.3) is 0 Å². The quantitative estimate of drug-likeness (QED) is 0.643. The van der Waals surface area contributed by atoms with Crippen LogP contribution in [0.1, 0.15) is 48.4 Å². The third-order valence-corrected chi connectivity index (χ3v) is 5.07. The van der Waals surface area contributed by atoms with Crippen LogP contribution in [0, 0.1) is 5.92 Å². The Morgan fingerprint density at radius 3 is 2.10 bits per heavy atom. The monoisotopic (exact) mass is 425 g/mol. The Morgan fingerprint density at radius 2 is 1.55 bits per heavy atom. The molecule has 2 aromatic carbocycles. The van der Waals surface area contributed by atoms with Crippen molar-refractivity contribution in [1.29, 1.82) is 0 Å². The van der Waals surface area contributed by atoms with E-state index in [4.69, 9.17) is 4.74 Å². The normalized spacial score (nSPS) is 11.5. The van der Waals surface area contributed by atoms with E-state index in [0.717, 1.165) is 0 Å². The second kappa shape index (κ2) is 11.2. The molecule has 0 saturated heterocycles. The molecule has 0 heterocycles. The number of methoxy groups -OCH3 is 1. The van der Waals surface area contributed by atoms with Gasteiger partial charge in [-0.05, 0) is 56.2 Å². The van der Waals surface area contributed by atoms with Crippen molar-refractivity contribution in [2.75, 3.05) is 25.5 Å². The molecule has 1 atom stereocenters. The highest BCUT2D eigenvalue weighted by atomic mass is 16.5. The molecule has 0 radical (unpaired) electrons. The predicted octanol–water partition coefficient (Wildman–Crippen LogP) is 3.57. The van der Waals surface area contributed by atoms with Gasteiger partial charge in [0.05, 0.1) is 18.4 Å². The fourth-order valence-corrected chi connectivity index (χ4v) is 3.19. The van der Waals surface area contributed by atoms with Crippen molar-refractivity contribution in [3.05, 3.63) is 59.7 Å². The van der Waals surface area contributed by atoms with Crippen molar-refractivity contribution in [1.82, 2.24) is 10.2 Å². The fraction of sp³-hybridized carbons (Fsp3) is 0.375. The highest BCUT2D eigenvalue weighted by Gasteiger charge is 2.28. The van der Waals surface area contributed by atoms with E-state index in [1.165, 1.54) is 0 Å². The first-order valence-electron chi connectivity index (χ1n) is 10.5. The summed E-state index contributed by atoms with van der Waals surface area (Å²) >= 11 is 0. The average molecular weight is 426 g/mol. The zero-order valence-electron chi connectivity index (χ0n) is 18.8. The average Bonchev–Trinajstić information content (AvgIpc) is 2.78. The standard InChI is InChI=1S/C24H31N3O4/c1-6-27(7-2)24(30)21(16(3)4)26-23(29)19-10-8-9-11-20(19)25-22(28)17-12-14-18(31-5)15-13-17/h8-16,21H,6-7H2,1-5H3,(H,25,28)(H,26,29)/t21-/m1/s1. The summed E-state index contributed by atoms with van der Waals surface area (Å²) in [6.45, 7) is 8.74. The van der Waals surface area contributed by atoms with Crippen LogP contribution in [0.15, 0.2) is 48.5 Å². The zero-order valence-corrected chi connectivity index (χ0v) is 18.8. The molecule has 0 aliphatic carbocycles. The van der Waals surface area contributed by atoms with Crippen molar-refractivity contribution in [2.24, 2.45) is 5.92 Å². The van der Waals surface area contributed by atoms with Gasteiger partial charge in [0.1, 0.15) is 11.8 Å². The van der Waals surface area contributed by atoms with Gasteiger partial charge in [-0.25, -0.2) is 0 Å². The van der Waals surface area contributed by atoms with E-state index in [9.17, 15) is 14.4 Å². The SMILES string of the molecule is CCN(CC)C(=O)[C@H](NC(=O)c1ccccc1NC(=O)c1ccc(OC)cc1)C(C)C. The molecule has 31 heavy (non-hydrogen) atoms. The molecular weight excluding hydrogens is 394 g/mol. The molecule has 2 rings (SSSR count). The molecule has 0 aliphatic rings. The summed E-state index contributed by atoms with van der Waals surface area (Å²) in [6.07, 6.45) is 0. The summed E-state index contributed by atoms with van der Waals surface area (Å²) in [5.74, 6) is -0.313. The van der Waals surface area contributed by atoms with Crippen molar-refractivity contribution in [3.63, 3.8) is 0 Å². The summed E-state index contributed by atoms with van der Waals surface area (Å²) in [4.78, 5) is 40.2. The number of anilines is 1. The first-order valence-corrected chi connectivity index (χ1v) is 10.5. The Morgan fingerprint density at radius 1 is 0.935 bits per heavy atom. The Kier molecular flexibility index (Phi) is 8.61. The highest BCUT2D eigenvalue weighted by Crippen LogP contribution is 2.19. The van der Waals surface area contributed by atoms with E-state index in [-0.39, 0.29) is 17.7 Å². The van der Waals surface area contributed by atoms with Crippen molar-refractivity contribution in [2.45, 2.75) is 33.7 Å². The van der Waals surface area contributed by atoms with Crippen LogP contribution in [-0.4, -0.2) is 48.9 Å². The lowest BCUT2D eigenvalue weighted by Gasteiger charge is -2.28. The molecule has 166 valence electrons. The number of rotatable bonds is 9. The van der Waals surface area contributed by atoms with Crippen molar-refractivity contribution < 1.29 is 19.1 Å². The second-order valence-electron chi connectivity index (χ2n) is 7.43. The van der Waals surface area contributed by atoms with Gasteiger partial charge in [0.25, 0.3) is 11.8 Å². The van der Waals surface area contributed by atoms with Crippen LogP contribution in [0.2, 0.25) is 0 Å². The van der Waals surface area contributed by atoms with Gasteiger partial charge in [-0.1, -0.05) is 26.0 Å². The molecule has 0 bridgehead atoms. The maximum Gasteiger partial charge on any atom is 0.255 e. The molecule has 2 aromatic rings. The molecule has 0 unspecified atom stereocenters. The first-order chi connectivity index (χ1) is 14.8. The number of nitrogens with zero attached hydrogens (tertiary/aromatic N) is 1. The molecule has 7 heteroatoms. The van der Waals surface area contributed by atoms with Gasteiger partial charge >= 0.3 is 0 Å². The first kappa shape index (κ1) is 23.9. The summed E-state index contributed by atoms with van der Waals surface area (Å²) in [5.41, 5.74) is 1.11. The van der Waals surface area contributed by atoms with Crippen LogP contribution in [0.5, 0.6) is 5.75 Å². The largest absolute Gasteiger partial charge is 0.497 e. The molecule has 3 amide bonds. The minimum Gasteiger partial charge on any atom is -0.497 e. The lowest BCUT2D eigenvalue weighted by Crippen LogP contribution is -2.51. The van der Waals surface area contributed by atoms with Crippen LogP contribution < -0.4 is 15.4 Å². The molecular formula is C24H31N3O4. The van der Waals surface area contributed by atoms with E-state index in [1.54, 1.807) is 60.5 Å². The Hall–Kier alpha value is -3.35. The van der Waals surface area contributed by atoms with Gasteiger partial charge in [-0.3, -0.25) is 14.4 Å².